The number of aromatic nitrogens is 1. The summed E-state index contributed by atoms with van der Waals surface area (Å²) in [6.45, 7) is 4.32. The zero-order valence-electron chi connectivity index (χ0n) is 10.9. The third kappa shape index (κ3) is 2.98. The number of rotatable bonds is 5. The van der Waals surface area contributed by atoms with Gasteiger partial charge in [-0.25, -0.2) is 8.78 Å². The van der Waals surface area contributed by atoms with Crippen LogP contribution in [0.25, 0.3) is 0 Å². The summed E-state index contributed by atoms with van der Waals surface area (Å²) in [5, 5.41) is 3.24. The molecule has 2 rings (SSSR count). The third-order valence-corrected chi connectivity index (χ3v) is 3.79. The van der Waals surface area contributed by atoms with E-state index in [0.29, 0.717) is 11.1 Å². The van der Waals surface area contributed by atoms with Gasteiger partial charge in [-0.1, -0.05) is 19.1 Å². The van der Waals surface area contributed by atoms with Crippen molar-refractivity contribution in [3.05, 3.63) is 51.5 Å². The molecule has 1 aromatic heterocycles. The summed E-state index contributed by atoms with van der Waals surface area (Å²) in [5.41, 5.74) is 2.35. The van der Waals surface area contributed by atoms with Crippen molar-refractivity contribution >= 4 is 11.3 Å². The fraction of sp³-hybridized carbons (Fsp3) is 0.357. The molecule has 0 amide bonds. The lowest BCUT2D eigenvalue weighted by Crippen LogP contribution is -2.23. The highest BCUT2D eigenvalue weighted by molar-refractivity contribution is 7.09. The molecule has 0 saturated heterocycles. The number of nitrogens with zero attached hydrogens (tertiary/aromatic N) is 1. The maximum absolute atomic E-state index is 14.1. The molecule has 1 N–H and O–H groups in total. The number of hydrogen-bond acceptors (Lipinski definition) is 3. The Morgan fingerprint density at radius 1 is 1.32 bits per heavy atom. The fourth-order valence-corrected chi connectivity index (χ4v) is 2.62. The zero-order valence-corrected chi connectivity index (χ0v) is 11.7. The predicted molar refractivity (Wildman–Crippen MR) is 73.3 cm³/mol. The van der Waals surface area contributed by atoms with Gasteiger partial charge < -0.3 is 5.32 Å². The van der Waals surface area contributed by atoms with E-state index in [-0.39, 0.29) is 6.04 Å². The van der Waals surface area contributed by atoms with Gasteiger partial charge in [0.25, 0.3) is 0 Å². The summed E-state index contributed by atoms with van der Waals surface area (Å²) in [7, 11) is 0. The van der Waals surface area contributed by atoms with Crippen molar-refractivity contribution in [2.24, 2.45) is 0 Å². The van der Waals surface area contributed by atoms with E-state index in [2.05, 4.69) is 10.3 Å². The van der Waals surface area contributed by atoms with Gasteiger partial charge in [-0.15, -0.1) is 11.3 Å². The Balaban J connectivity index is 2.41. The van der Waals surface area contributed by atoms with Gasteiger partial charge in [0, 0.05) is 16.6 Å². The van der Waals surface area contributed by atoms with Crippen LogP contribution < -0.4 is 5.32 Å². The van der Waals surface area contributed by atoms with E-state index in [1.807, 2.05) is 6.92 Å². The van der Waals surface area contributed by atoms with Crippen LogP contribution in [-0.4, -0.2) is 11.5 Å². The minimum Gasteiger partial charge on any atom is -0.305 e. The van der Waals surface area contributed by atoms with E-state index in [9.17, 15) is 8.78 Å². The Kier molecular flexibility index (Phi) is 4.61. The van der Waals surface area contributed by atoms with Crippen LogP contribution in [-0.2, 0) is 0 Å². The molecule has 0 saturated carbocycles. The molecule has 5 heteroatoms. The van der Waals surface area contributed by atoms with Crippen molar-refractivity contribution in [3.63, 3.8) is 0 Å². The lowest BCUT2D eigenvalue weighted by Gasteiger charge is -2.18. The van der Waals surface area contributed by atoms with E-state index in [0.717, 1.165) is 17.8 Å². The molecule has 1 aromatic carbocycles. The van der Waals surface area contributed by atoms with Gasteiger partial charge in [0.15, 0.2) is 11.6 Å². The van der Waals surface area contributed by atoms with Gasteiger partial charge in [0.2, 0.25) is 0 Å². The van der Waals surface area contributed by atoms with Crippen LogP contribution in [0.2, 0.25) is 0 Å². The summed E-state index contributed by atoms with van der Waals surface area (Å²) in [5.74, 6) is -1.55. The molecule has 102 valence electrons. The van der Waals surface area contributed by atoms with Crippen molar-refractivity contribution in [1.82, 2.24) is 10.3 Å². The first-order valence-corrected chi connectivity index (χ1v) is 7.09. The molecule has 0 aliphatic rings. The molecular weight excluding hydrogens is 266 g/mol. The van der Waals surface area contributed by atoms with E-state index in [1.165, 1.54) is 11.3 Å². The molecular formula is C14H16F2N2S. The summed E-state index contributed by atoms with van der Waals surface area (Å²) in [6.07, 6.45) is 2.61. The van der Waals surface area contributed by atoms with Crippen LogP contribution in [0, 0.1) is 18.6 Å². The Morgan fingerprint density at radius 2 is 2.11 bits per heavy atom. The van der Waals surface area contributed by atoms with Crippen LogP contribution in [0.5, 0.6) is 0 Å². The van der Waals surface area contributed by atoms with Gasteiger partial charge in [0.05, 0.1) is 11.6 Å². The maximum Gasteiger partial charge on any atom is 0.164 e. The summed E-state index contributed by atoms with van der Waals surface area (Å²) in [6, 6.07) is 2.90. The molecule has 2 nitrogen and oxygen atoms in total. The second-order valence-electron chi connectivity index (χ2n) is 4.39. The number of benzene rings is 1. The lowest BCUT2D eigenvalue weighted by atomic mass is 10.0. The summed E-state index contributed by atoms with van der Waals surface area (Å²) < 4.78 is 27.8. The molecule has 19 heavy (non-hydrogen) atoms. The van der Waals surface area contributed by atoms with Crippen molar-refractivity contribution in [1.29, 1.82) is 0 Å². The standard InChI is InChI=1S/C14H16F2N2S/c1-3-6-18-14(11-7-17-8-19-11)10-5-4-9(2)12(15)13(10)16/h4-5,7-8,14,18H,3,6H2,1-2H3. The monoisotopic (exact) mass is 282 g/mol. The van der Waals surface area contributed by atoms with Gasteiger partial charge in [0.1, 0.15) is 0 Å². The van der Waals surface area contributed by atoms with Crippen molar-refractivity contribution in [2.75, 3.05) is 6.54 Å². The van der Waals surface area contributed by atoms with Crippen LogP contribution in [0.1, 0.15) is 35.4 Å². The highest BCUT2D eigenvalue weighted by atomic mass is 32.1. The highest BCUT2D eigenvalue weighted by Crippen LogP contribution is 2.29. The van der Waals surface area contributed by atoms with Crippen LogP contribution in [0.3, 0.4) is 0 Å². The molecule has 0 radical (unpaired) electrons. The van der Waals surface area contributed by atoms with Crippen molar-refractivity contribution in [2.45, 2.75) is 26.3 Å². The first kappa shape index (κ1) is 14.1. The molecule has 0 aliphatic carbocycles. The number of hydrogen-bond donors (Lipinski definition) is 1. The topological polar surface area (TPSA) is 24.9 Å². The first-order valence-electron chi connectivity index (χ1n) is 6.21. The Labute approximate surface area is 115 Å². The number of halogens is 2. The van der Waals surface area contributed by atoms with Crippen molar-refractivity contribution in [3.8, 4) is 0 Å². The van der Waals surface area contributed by atoms with Gasteiger partial charge in [-0.2, -0.15) is 0 Å². The van der Waals surface area contributed by atoms with E-state index < -0.39 is 11.6 Å². The van der Waals surface area contributed by atoms with E-state index >= 15 is 0 Å². The third-order valence-electron chi connectivity index (χ3n) is 2.95. The average Bonchev–Trinajstić information content (AvgIpc) is 2.92. The Bertz CT molecular complexity index is 541. The lowest BCUT2D eigenvalue weighted by molar-refractivity contribution is 0.477. The molecule has 0 aliphatic heterocycles. The zero-order chi connectivity index (χ0) is 13.8. The van der Waals surface area contributed by atoms with Crippen LogP contribution in [0.15, 0.2) is 23.8 Å². The number of thiazole rings is 1. The molecule has 0 bridgehead atoms. The second kappa shape index (κ2) is 6.21. The summed E-state index contributed by atoms with van der Waals surface area (Å²) >= 11 is 1.43. The normalized spacial score (nSPS) is 12.6. The van der Waals surface area contributed by atoms with Crippen molar-refractivity contribution < 1.29 is 8.78 Å². The Morgan fingerprint density at radius 3 is 2.74 bits per heavy atom. The second-order valence-corrected chi connectivity index (χ2v) is 5.31. The molecule has 1 atom stereocenters. The Hall–Kier alpha value is -1.33. The van der Waals surface area contributed by atoms with E-state index in [1.54, 1.807) is 30.8 Å². The van der Waals surface area contributed by atoms with Crippen LogP contribution >= 0.6 is 11.3 Å². The maximum atomic E-state index is 14.1. The molecule has 2 aromatic rings. The summed E-state index contributed by atoms with van der Waals surface area (Å²) in [4.78, 5) is 4.89. The quantitative estimate of drug-likeness (QED) is 0.901. The smallest absolute Gasteiger partial charge is 0.164 e. The SMILES string of the molecule is CCCNC(c1cncs1)c1ccc(C)c(F)c1F. The predicted octanol–water partition coefficient (Wildman–Crippen LogP) is 3.82. The first-order chi connectivity index (χ1) is 9.15. The van der Waals surface area contributed by atoms with Crippen LogP contribution in [0.4, 0.5) is 8.78 Å². The van der Waals surface area contributed by atoms with Gasteiger partial charge in [-0.05, 0) is 25.5 Å². The highest BCUT2D eigenvalue weighted by Gasteiger charge is 2.21. The molecule has 0 fully saturated rings. The van der Waals surface area contributed by atoms with Gasteiger partial charge in [-0.3, -0.25) is 4.98 Å². The minimum atomic E-state index is -0.776. The van der Waals surface area contributed by atoms with E-state index in [4.69, 9.17) is 0 Å². The molecule has 0 spiro atoms. The average molecular weight is 282 g/mol. The number of nitrogens with one attached hydrogen (secondary N) is 1. The minimum absolute atomic E-state index is 0.319. The number of aryl methyl sites for hydroxylation is 1. The molecule has 1 unspecified atom stereocenters. The largest absolute Gasteiger partial charge is 0.305 e. The fourth-order valence-electron chi connectivity index (χ4n) is 1.90. The van der Waals surface area contributed by atoms with Gasteiger partial charge >= 0.3 is 0 Å². The molecule has 1 heterocycles.